The summed E-state index contributed by atoms with van der Waals surface area (Å²) < 4.78 is 5.11. The molecule has 0 amide bonds. The SMILES string of the molecule is CCOC1=CC=C(B(O)O)C(=O)C1. The lowest BCUT2D eigenvalue weighted by Gasteiger charge is -2.13. The van der Waals surface area contributed by atoms with E-state index in [1.165, 1.54) is 6.08 Å². The van der Waals surface area contributed by atoms with Gasteiger partial charge in [0.05, 0.1) is 13.0 Å². The molecule has 0 radical (unpaired) electrons. The van der Waals surface area contributed by atoms with E-state index < -0.39 is 7.12 Å². The molecule has 2 N–H and O–H groups in total. The van der Waals surface area contributed by atoms with Crippen LogP contribution in [0.3, 0.4) is 0 Å². The maximum absolute atomic E-state index is 11.2. The molecule has 0 saturated carbocycles. The smallest absolute Gasteiger partial charge is 0.492 e. The molecule has 0 aromatic heterocycles. The third-order valence-corrected chi connectivity index (χ3v) is 1.71. The number of hydrogen-bond donors (Lipinski definition) is 2. The lowest BCUT2D eigenvalue weighted by molar-refractivity contribution is -0.115. The van der Waals surface area contributed by atoms with E-state index in [4.69, 9.17) is 14.8 Å². The maximum Gasteiger partial charge on any atom is 0.492 e. The summed E-state index contributed by atoms with van der Waals surface area (Å²) in [5.74, 6) is 0.262. The van der Waals surface area contributed by atoms with Gasteiger partial charge in [0.25, 0.3) is 0 Å². The number of ether oxygens (including phenoxy) is 1. The van der Waals surface area contributed by atoms with Gasteiger partial charge in [-0.2, -0.15) is 0 Å². The zero-order valence-corrected chi connectivity index (χ0v) is 7.36. The van der Waals surface area contributed by atoms with Crippen molar-refractivity contribution >= 4 is 12.9 Å². The van der Waals surface area contributed by atoms with E-state index in [0.29, 0.717) is 12.4 Å². The number of Topliss-reactive ketones (excluding diaryl/α,β-unsaturated/α-hetero) is 1. The number of hydrogen-bond acceptors (Lipinski definition) is 4. The van der Waals surface area contributed by atoms with E-state index in [0.717, 1.165) is 0 Å². The third kappa shape index (κ3) is 2.43. The van der Waals surface area contributed by atoms with Crippen molar-refractivity contribution in [1.82, 2.24) is 0 Å². The molecule has 0 bridgehead atoms. The van der Waals surface area contributed by atoms with Crippen molar-refractivity contribution in [3.63, 3.8) is 0 Å². The van der Waals surface area contributed by atoms with Gasteiger partial charge >= 0.3 is 7.12 Å². The van der Waals surface area contributed by atoms with Crippen LogP contribution in [0.2, 0.25) is 0 Å². The third-order valence-electron chi connectivity index (χ3n) is 1.71. The van der Waals surface area contributed by atoms with Crippen LogP contribution in [-0.2, 0) is 9.53 Å². The summed E-state index contributed by atoms with van der Waals surface area (Å²) in [6.07, 6.45) is 3.07. The highest BCUT2D eigenvalue weighted by Crippen LogP contribution is 2.16. The van der Waals surface area contributed by atoms with Gasteiger partial charge in [-0.25, -0.2) is 0 Å². The van der Waals surface area contributed by atoms with E-state index in [9.17, 15) is 4.79 Å². The Kier molecular flexibility index (Phi) is 3.28. The molecule has 0 unspecified atom stereocenters. The normalized spacial score (nSPS) is 16.4. The molecule has 0 saturated heterocycles. The minimum atomic E-state index is -1.69. The van der Waals surface area contributed by atoms with Crippen molar-refractivity contribution in [2.24, 2.45) is 0 Å². The molecule has 0 aromatic carbocycles. The Balaban J connectivity index is 2.75. The van der Waals surface area contributed by atoms with Crippen molar-refractivity contribution in [3.05, 3.63) is 23.4 Å². The molecule has 0 fully saturated rings. The van der Waals surface area contributed by atoms with Crippen LogP contribution in [0.4, 0.5) is 0 Å². The Bertz CT molecular complexity index is 267. The molecule has 0 aromatic rings. The van der Waals surface area contributed by atoms with Gasteiger partial charge in [0.2, 0.25) is 0 Å². The molecule has 5 heteroatoms. The quantitative estimate of drug-likeness (QED) is 0.594. The Morgan fingerprint density at radius 3 is 2.69 bits per heavy atom. The van der Waals surface area contributed by atoms with Gasteiger partial charge in [0, 0.05) is 5.47 Å². The average molecular weight is 182 g/mol. The van der Waals surface area contributed by atoms with Crippen molar-refractivity contribution in [2.75, 3.05) is 6.61 Å². The van der Waals surface area contributed by atoms with Crippen LogP contribution in [0.25, 0.3) is 0 Å². The fourth-order valence-electron chi connectivity index (χ4n) is 1.11. The van der Waals surface area contributed by atoms with Gasteiger partial charge in [-0.1, -0.05) is 6.08 Å². The van der Waals surface area contributed by atoms with Gasteiger partial charge in [-0.3, -0.25) is 4.79 Å². The van der Waals surface area contributed by atoms with Crippen LogP contribution < -0.4 is 0 Å². The Morgan fingerprint density at radius 2 is 2.23 bits per heavy atom. The summed E-state index contributed by atoms with van der Waals surface area (Å²) in [5.41, 5.74) is 0.0171. The second-order valence-electron chi connectivity index (χ2n) is 2.66. The van der Waals surface area contributed by atoms with Crippen molar-refractivity contribution in [2.45, 2.75) is 13.3 Å². The lowest BCUT2D eigenvalue weighted by Crippen LogP contribution is -2.24. The predicted octanol–water partition coefficient (Wildman–Crippen LogP) is -0.182. The number of carbonyl (C=O) groups excluding carboxylic acids is 1. The summed E-state index contributed by atoms with van der Waals surface area (Å²) >= 11 is 0. The number of ketones is 1. The molecular formula is C8H11BO4. The molecule has 0 aliphatic heterocycles. The number of rotatable bonds is 3. The Hall–Kier alpha value is -1.07. The standard InChI is InChI=1S/C8H11BO4/c1-2-13-6-3-4-7(9(11)12)8(10)5-6/h3-4,11-12H,2,5H2,1H3. The molecule has 0 atom stereocenters. The Labute approximate surface area is 76.7 Å². The minimum Gasteiger partial charge on any atom is -0.498 e. The molecule has 1 aliphatic carbocycles. The monoisotopic (exact) mass is 182 g/mol. The Morgan fingerprint density at radius 1 is 1.54 bits per heavy atom. The molecule has 70 valence electrons. The first-order valence-corrected chi connectivity index (χ1v) is 4.08. The lowest BCUT2D eigenvalue weighted by atomic mass is 9.74. The van der Waals surface area contributed by atoms with E-state index in [1.807, 2.05) is 6.92 Å². The van der Waals surface area contributed by atoms with Crippen molar-refractivity contribution < 1.29 is 19.6 Å². The van der Waals surface area contributed by atoms with Crippen LogP contribution in [0.15, 0.2) is 23.4 Å². The summed E-state index contributed by atoms with van der Waals surface area (Å²) in [4.78, 5) is 11.2. The predicted molar refractivity (Wildman–Crippen MR) is 47.6 cm³/mol. The van der Waals surface area contributed by atoms with Gasteiger partial charge in [0.15, 0.2) is 5.78 Å². The second kappa shape index (κ2) is 4.25. The van der Waals surface area contributed by atoms with Crippen LogP contribution in [-0.4, -0.2) is 29.6 Å². The first-order chi connectivity index (χ1) is 6.15. The largest absolute Gasteiger partial charge is 0.498 e. The maximum atomic E-state index is 11.2. The molecular weight excluding hydrogens is 171 g/mol. The van der Waals surface area contributed by atoms with E-state index in [2.05, 4.69) is 0 Å². The van der Waals surface area contributed by atoms with Crippen LogP contribution in [0, 0.1) is 0 Å². The first-order valence-electron chi connectivity index (χ1n) is 4.08. The first kappa shape index (κ1) is 10.0. The van der Waals surface area contributed by atoms with Crippen molar-refractivity contribution in [1.29, 1.82) is 0 Å². The number of carbonyl (C=O) groups is 1. The highest BCUT2D eigenvalue weighted by atomic mass is 16.5. The van der Waals surface area contributed by atoms with Gasteiger partial charge < -0.3 is 14.8 Å². The fourth-order valence-corrected chi connectivity index (χ4v) is 1.11. The second-order valence-corrected chi connectivity index (χ2v) is 2.66. The topological polar surface area (TPSA) is 66.8 Å². The van der Waals surface area contributed by atoms with Crippen LogP contribution in [0.1, 0.15) is 13.3 Å². The van der Waals surface area contributed by atoms with E-state index in [1.54, 1.807) is 6.08 Å². The van der Waals surface area contributed by atoms with E-state index in [-0.39, 0.29) is 17.7 Å². The van der Waals surface area contributed by atoms with Gasteiger partial charge in [-0.05, 0) is 13.0 Å². The molecule has 1 rings (SSSR count). The van der Waals surface area contributed by atoms with E-state index >= 15 is 0 Å². The zero-order chi connectivity index (χ0) is 9.84. The van der Waals surface area contributed by atoms with Crippen molar-refractivity contribution in [3.8, 4) is 0 Å². The zero-order valence-electron chi connectivity index (χ0n) is 7.36. The highest BCUT2D eigenvalue weighted by Gasteiger charge is 2.25. The average Bonchev–Trinajstić information content (AvgIpc) is 2.04. The van der Waals surface area contributed by atoms with Crippen LogP contribution >= 0.6 is 0 Å². The van der Waals surface area contributed by atoms with Gasteiger partial charge in [0.1, 0.15) is 5.76 Å². The molecule has 0 spiro atoms. The summed E-state index contributed by atoms with van der Waals surface area (Å²) in [6.45, 7) is 2.33. The van der Waals surface area contributed by atoms with Gasteiger partial charge in [-0.15, -0.1) is 0 Å². The van der Waals surface area contributed by atoms with Crippen LogP contribution in [0.5, 0.6) is 0 Å². The minimum absolute atomic E-state index is 0.0171. The summed E-state index contributed by atoms with van der Waals surface area (Å²) in [5, 5.41) is 17.5. The summed E-state index contributed by atoms with van der Waals surface area (Å²) in [7, 11) is -1.69. The highest BCUT2D eigenvalue weighted by molar-refractivity contribution is 6.59. The molecule has 0 heterocycles. The molecule has 13 heavy (non-hydrogen) atoms. The fraction of sp³-hybridized carbons (Fsp3) is 0.375. The molecule has 4 nitrogen and oxygen atoms in total. The number of allylic oxidation sites excluding steroid dienone is 4. The molecule has 1 aliphatic rings. The summed E-state index contributed by atoms with van der Waals surface area (Å²) in [6, 6.07) is 0.